The van der Waals surface area contributed by atoms with Gasteiger partial charge in [-0.05, 0) is 49.3 Å². The van der Waals surface area contributed by atoms with Gasteiger partial charge >= 0.3 is 0 Å². The van der Waals surface area contributed by atoms with Crippen LogP contribution in [0.25, 0.3) is 0 Å². The summed E-state index contributed by atoms with van der Waals surface area (Å²) in [7, 11) is -3.54. The molecule has 0 bridgehead atoms. The number of carbonyl (C=O) groups excluding carboxylic acids is 1. The van der Waals surface area contributed by atoms with Gasteiger partial charge in [-0.2, -0.15) is 0 Å². The largest absolute Gasteiger partial charge is 0.332 e. The first-order valence-electron chi connectivity index (χ1n) is 6.75. The van der Waals surface area contributed by atoms with E-state index in [4.69, 9.17) is 12.2 Å². The van der Waals surface area contributed by atoms with E-state index in [0.717, 1.165) is 12.8 Å². The van der Waals surface area contributed by atoms with Gasteiger partial charge in [0.15, 0.2) is 5.11 Å². The van der Waals surface area contributed by atoms with Crippen LogP contribution in [0.3, 0.4) is 0 Å². The summed E-state index contributed by atoms with van der Waals surface area (Å²) in [5, 5.41) is 5.65. The highest BCUT2D eigenvalue weighted by atomic mass is 32.2. The molecule has 1 fully saturated rings. The molecule has 0 spiro atoms. The molecule has 3 N–H and O–H groups in total. The maximum Gasteiger partial charge on any atom is 0.240 e. The molecule has 1 aliphatic carbocycles. The number of nitrogens with one attached hydrogen (secondary N) is 3. The van der Waals surface area contributed by atoms with Crippen molar-refractivity contribution in [3.8, 4) is 0 Å². The second-order valence-electron chi connectivity index (χ2n) is 4.88. The van der Waals surface area contributed by atoms with E-state index in [9.17, 15) is 13.2 Å². The lowest BCUT2D eigenvalue weighted by molar-refractivity contribution is -0.120. The summed E-state index contributed by atoms with van der Waals surface area (Å²) in [4.78, 5) is 11.7. The van der Waals surface area contributed by atoms with Gasteiger partial charge in [0, 0.05) is 18.2 Å². The highest BCUT2D eigenvalue weighted by molar-refractivity contribution is 7.89. The molecule has 1 aliphatic rings. The first kappa shape index (κ1) is 16.6. The molecular formula is C14H17N3O3S2. The minimum absolute atomic E-state index is 0.0724. The number of anilines is 1. The van der Waals surface area contributed by atoms with Crippen molar-refractivity contribution in [2.24, 2.45) is 5.92 Å². The third kappa shape index (κ3) is 4.62. The van der Waals surface area contributed by atoms with Crippen molar-refractivity contribution in [2.75, 3.05) is 11.9 Å². The Labute approximate surface area is 135 Å². The zero-order valence-electron chi connectivity index (χ0n) is 11.8. The molecule has 0 aliphatic heterocycles. The molecule has 0 aromatic heterocycles. The third-order valence-corrected chi connectivity index (χ3v) is 4.67. The van der Waals surface area contributed by atoms with Crippen LogP contribution in [-0.4, -0.2) is 26.0 Å². The molecular weight excluding hydrogens is 322 g/mol. The molecule has 0 saturated heterocycles. The van der Waals surface area contributed by atoms with Gasteiger partial charge in [0.05, 0.1) is 4.90 Å². The summed E-state index contributed by atoms with van der Waals surface area (Å²) >= 11 is 5.04. The molecule has 1 aromatic rings. The fraction of sp³-hybridized carbons (Fsp3) is 0.286. The van der Waals surface area contributed by atoms with Gasteiger partial charge in [0.2, 0.25) is 15.9 Å². The summed E-state index contributed by atoms with van der Waals surface area (Å²) in [6.45, 7) is 3.63. The number of hydrogen-bond acceptors (Lipinski definition) is 4. The lowest BCUT2D eigenvalue weighted by Gasteiger charge is -2.10. The second-order valence-corrected chi connectivity index (χ2v) is 7.06. The van der Waals surface area contributed by atoms with E-state index in [1.54, 1.807) is 12.1 Å². The average Bonchev–Trinajstić information content (AvgIpc) is 3.30. The first-order chi connectivity index (χ1) is 10.4. The molecule has 0 radical (unpaired) electrons. The Morgan fingerprint density at radius 1 is 1.32 bits per heavy atom. The number of hydrogen-bond donors (Lipinski definition) is 3. The van der Waals surface area contributed by atoms with Crippen molar-refractivity contribution < 1.29 is 13.2 Å². The SMILES string of the molecule is C=CCNS(=O)(=O)c1ccc(NC(=S)NC(=O)C2CC2)cc1. The van der Waals surface area contributed by atoms with Gasteiger partial charge in [-0.3, -0.25) is 4.79 Å². The number of benzene rings is 1. The standard InChI is InChI=1S/C14H17N3O3S2/c1-2-9-15-22(19,20)12-7-5-11(6-8-12)16-14(21)17-13(18)10-3-4-10/h2,5-8,10,15H,1,3-4,9H2,(H2,16,17,18,21). The molecule has 8 heteroatoms. The van der Waals surface area contributed by atoms with Crippen LogP contribution in [-0.2, 0) is 14.8 Å². The van der Waals surface area contributed by atoms with Gasteiger partial charge in [-0.25, -0.2) is 13.1 Å². The van der Waals surface area contributed by atoms with Gasteiger partial charge < -0.3 is 10.6 Å². The van der Waals surface area contributed by atoms with Crippen LogP contribution >= 0.6 is 12.2 Å². The van der Waals surface area contributed by atoms with E-state index in [-0.39, 0.29) is 28.4 Å². The minimum Gasteiger partial charge on any atom is -0.332 e. The summed E-state index contributed by atoms with van der Waals surface area (Å²) in [5.41, 5.74) is 0.601. The topological polar surface area (TPSA) is 87.3 Å². The van der Waals surface area contributed by atoms with E-state index in [2.05, 4.69) is 21.9 Å². The van der Waals surface area contributed by atoms with Crippen molar-refractivity contribution in [3.63, 3.8) is 0 Å². The van der Waals surface area contributed by atoms with Crippen molar-refractivity contribution in [1.29, 1.82) is 0 Å². The summed E-state index contributed by atoms with van der Waals surface area (Å²) < 4.78 is 26.2. The number of rotatable bonds is 6. The Morgan fingerprint density at radius 3 is 2.50 bits per heavy atom. The van der Waals surface area contributed by atoms with E-state index < -0.39 is 10.0 Å². The van der Waals surface area contributed by atoms with Gasteiger partial charge in [-0.15, -0.1) is 6.58 Å². The van der Waals surface area contributed by atoms with Crippen molar-refractivity contribution >= 4 is 38.9 Å². The summed E-state index contributed by atoms with van der Waals surface area (Å²) in [6, 6.07) is 6.08. The predicted molar refractivity (Wildman–Crippen MR) is 88.9 cm³/mol. The van der Waals surface area contributed by atoms with Crippen LogP contribution in [0.2, 0.25) is 0 Å². The molecule has 1 amide bonds. The highest BCUT2D eigenvalue weighted by Crippen LogP contribution is 2.28. The highest BCUT2D eigenvalue weighted by Gasteiger charge is 2.30. The molecule has 22 heavy (non-hydrogen) atoms. The zero-order valence-corrected chi connectivity index (χ0v) is 13.5. The molecule has 6 nitrogen and oxygen atoms in total. The predicted octanol–water partition coefficient (Wildman–Crippen LogP) is 1.37. The molecule has 118 valence electrons. The van der Waals surface area contributed by atoms with Crippen molar-refractivity contribution in [2.45, 2.75) is 17.7 Å². The van der Waals surface area contributed by atoms with Crippen molar-refractivity contribution in [1.82, 2.24) is 10.0 Å². The molecule has 2 rings (SSSR count). The number of thiocarbonyl (C=S) groups is 1. The van der Waals surface area contributed by atoms with E-state index in [0.29, 0.717) is 5.69 Å². The third-order valence-electron chi connectivity index (χ3n) is 3.03. The quantitative estimate of drug-likeness (QED) is 0.538. The number of amides is 1. The Bertz CT molecular complexity index is 680. The van der Waals surface area contributed by atoms with E-state index in [1.807, 2.05) is 0 Å². The Balaban J connectivity index is 1.95. The van der Waals surface area contributed by atoms with Crippen LogP contribution in [0.15, 0.2) is 41.8 Å². The number of sulfonamides is 1. The molecule has 0 atom stereocenters. The summed E-state index contributed by atoms with van der Waals surface area (Å²) in [5.74, 6) is -0.00599. The summed E-state index contributed by atoms with van der Waals surface area (Å²) in [6.07, 6.45) is 3.27. The molecule has 1 saturated carbocycles. The van der Waals surface area contributed by atoms with E-state index >= 15 is 0 Å². The van der Waals surface area contributed by atoms with Crippen LogP contribution in [0.5, 0.6) is 0 Å². The second kappa shape index (κ2) is 6.99. The van der Waals surface area contributed by atoms with E-state index in [1.165, 1.54) is 18.2 Å². The Morgan fingerprint density at radius 2 is 1.95 bits per heavy atom. The molecule has 1 aromatic carbocycles. The van der Waals surface area contributed by atoms with Gasteiger partial charge in [-0.1, -0.05) is 6.08 Å². The van der Waals surface area contributed by atoms with Crippen LogP contribution in [0, 0.1) is 5.92 Å². The monoisotopic (exact) mass is 339 g/mol. The Hall–Kier alpha value is -1.77. The lowest BCUT2D eigenvalue weighted by Crippen LogP contribution is -2.35. The smallest absolute Gasteiger partial charge is 0.240 e. The first-order valence-corrected chi connectivity index (χ1v) is 8.64. The fourth-order valence-electron chi connectivity index (χ4n) is 1.69. The number of carbonyl (C=O) groups is 1. The molecule has 0 unspecified atom stereocenters. The van der Waals surface area contributed by atoms with Gasteiger partial charge in [0.25, 0.3) is 0 Å². The normalized spacial score (nSPS) is 14.2. The zero-order chi connectivity index (χ0) is 16.2. The minimum atomic E-state index is -3.54. The van der Waals surface area contributed by atoms with Crippen LogP contribution in [0.1, 0.15) is 12.8 Å². The van der Waals surface area contributed by atoms with Crippen LogP contribution in [0.4, 0.5) is 5.69 Å². The maximum absolute atomic E-state index is 11.9. The fourth-order valence-corrected chi connectivity index (χ4v) is 2.91. The lowest BCUT2D eigenvalue weighted by atomic mass is 10.3. The van der Waals surface area contributed by atoms with Crippen LogP contribution < -0.4 is 15.4 Å². The maximum atomic E-state index is 11.9. The van der Waals surface area contributed by atoms with Gasteiger partial charge in [0.1, 0.15) is 0 Å². The molecule has 0 heterocycles. The van der Waals surface area contributed by atoms with Crippen molar-refractivity contribution in [3.05, 3.63) is 36.9 Å². The average molecular weight is 339 g/mol. The Kier molecular flexibility index (Phi) is 5.28.